The highest BCUT2D eigenvalue weighted by atomic mass is 16.6. The van der Waals surface area contributed by atoms with Gasteiger partial charge in [-0.2, -0.15) is 0 Å². The highest BCUT2D eigenvalue weighted by molar-refractivity contribution is 5.94. The average molecular weight is 669 g/mol. The number of alkyl carbamates (subject to hydrolysis) is 1. The van der Waals surface area contributed by atoms with Crippen LogP contribution in [-0.2, 0) is 28.6 Å². The lowest BCUT2D eigenvalue weighted by molar-refractivity contribution is -0.153. The fraction of sp³-hybridized carbons (Fsp3) is 0.514. The molecule has 1 saturated heterocycles. The van der Waals surface area contributed by atoms with Crippen molar-refractivity contribution in [2.75, 3.05) is 34.0 Å². The third-order valence-electron chi connectivity index (χ3n) is 7.52. The fourth-order valence-electron chi connectivity index (χ4n) is 5.22. The fourth-order valence-corrected chi connectivity index (χ4v) is 5.22. The number of benzene rings is 1. The quantitative estimate of drug-likeness (QED) is 0.182. The summed E-state index contributed by atoms with van der Waals surface area (Å²) in [6, 6.07) is 2.23. The molecule has 1 aromatic heterocycles. The number of hydrogen-bond donors (Lipinski definition) is 2. The maximum atomic E-state index is 14.3. The molecule has 0 aliphatic carbocycles. The summed E-state index contributed by atoms with van der Waals surface area (Å²) in [5.74, 6) is -0.861. The summed E-state index contributed by atoms with van der Waals surface area (Å²) < 4.78 is 27.7. The molecule has 3 rings (SSSR count). The molecule has 3 amide bonds. The van der Waals surface area contributed by atoms with Crippen molar-refractivity contribution in [2.24, 2.45) is 5.41 Å². The van der Waals surface area contributed by atoms with Gasteiger partial charge < -0.3 is 39.2 Å². The van der Waals surface area contributed by atoms with E-state index in [-0.39, 0.29) is 26.2 Å². The molecule has 2 heterocycles. The maximum absolute atomic E-state index is 14.3. The van der Waals surface area contributed by atoms with Gasteiger partial charge in [0.1, 0.15) is 35.6 Å². The minimum Gasteiger partial charge on any atom is -0.496 e. The number of likely N-dealkylation sites (tertiary alicyclic amines) is 1. The van der Waals surface area contributed by atoms with Crippen LogP contribution in [0.2, 0.25) is 0 Å². The number of amides is 3. The molecule has 262 valence electrons. The van der Waals surface area contributed by atoms with Gasteiger partial charge in [0.2, 0.25) is 17.7 Å². The Kier molecular flexibility index (Phi) is 12.6. The Morgan fingerprint density at radius 1 is 1.08 bits per heavy atom. The van der Waals surface area contributed by atoms with Crippen LogP contribution in [0.4, 0.5) is 4.79 Å². The second-order valence-electron chi connectivity index (χ2n) is 13.5. The molecule has 0 saturated carbocycles. The van der Waals surface area contributed by atoms with E-state index in [1.165, 1.54) is 18.1 Å². The van der Waals surface area contributed by atoms with Crippen molar-refractivity contribution in [1.82, 2.24) is 20.5 Å². The van der Waals surface area contributed by atoms with Crippen molar-refractivity contribution < 1.29 is 42.9 Å². The Labute approximate surface area is 282 Å². The number of aromatic nitrogens is 1. The summed E-state index contributed by atoms with van der Waals surface area (Å²) in [5, 5.41) is 6.83. The minimum absolute atomic E-state index is 0.0195. The van der Waals surface area contributed by atoms with Crippen molar-refractivity contribution >= 4 is 40.7 Å². The van der Waals surface area contributed by atoms with Gasteiger partial charge in [0, 0.05) is 23.6 Å². The number of hydrogen-bond acceptors (Lipinski definition) is 10. The Morgan fingerprint density at radius 3 is 2.38 bits per heavy atom. The lowest BCUT2D eigenvalue weighted by Gasteiger charge is -2.35. The van der Waals surface area contributed by atoms with E-state index < -0.39 is 59.1 Å². The summed E-state index contributed by atoms with van der Waals surface area (Å²) >= 11 is 0. The van der Waals surface area contributed by atoms with Crippen LogP contribution in [0, 0.1) is 5.41 Å². The lowest BCUT2D eigenvalue weighted by Crippen LogP contribution is -2.60. The van der Waals surface area contributed by atoms with E-state index in [0.717, 1.165) is 10.9 Å². The standard InChI is InChI=1S/C35H48N4O9/c1-11-15-46-20-25(37-33(43)48-35(6,7)8)29(40)38-28(34(3,4)5)31(41)39-19-23(18-26(39)32(42)45-10)47-30-24-16-21(12-2)27(44-9)17-22(24)13-14-36-30/h11-14,16-17,23,25-26,28H,1-2,15,18-20H2,3-10H3,(H,37,43)(H,38,40)/t23-,25+,26+,28-/m1/s1. The predicted octanol–water partition coefficient (Wildman–Crippen LogP) is 4.03. The number of nitrogens with zero attached hydrogens (tertiary/aromatic N) is 2. The molecule has 0 radical (unpaired) electrons. The second kappa shape index (κ2) is 16.0. The topological polar surface area (TPSA) is 155 Å². The molecule has 48 heavy (non-hydrogen) atoms. The summed E-state index contributed by atoms with van der Waals surface area (Å²) in [4.78, 5) is 59.2. The first-order chi connectivity index (χ1) is 22.5. The van der Waals surface area contributed by atoms with Crippen LogP contribution < -0.4 is 20.1 Å². The monoisotopic (exact) mass is 668 g/mol. The summed E-state index contributed by atoms with van der Waals surface area (Å²) in [6.45, 7) is 17.8. The number of ether oxygens (including phenoxy) is 5. The third kappa shape index (κ3) is 9.69. The van der Waals surface area contributed by atoms with Crippen LogP contribution >= 0.6 is 0 Å². The highest BCUT2D eigenvalue weighted by Gasteiger charge is 2.47. The highest BCUT2D eigenvalue weighted by Crippen LogP contribution is 2.34. The van der Waals surface area contributed by atoms with Gasteiger partial charge in [-0.05, 0) is 49.8 Å². The van der Waals surface area contributed by atoms with Crippen LogP contribution in [-0.4, -0.2) is 97.6 Å². The molecule has 13 nitrogen and oxygen atoms in total. The van der Waals surface area contributed by atoms with E-state index >= 15 is 0 Å². The number of carbonyl (C=O) groups is 4. The molecular weight excluding hydrogens is 620 g/mol. The van der Waals surface area contributed by atoms with Gasteiger partial charge in [0.05, 0.1) is 34.0 Å². The zero-order chi connectivity index (χ0) is 35.8. The number of rotatable bonds is 13. The Morgan fingerprint density at radius 2 is 1.79 bits per heavy atom. The van der Waals surface area contributed by atoms with Gasteiger partial charge in [-0.15, -0.1) is 6.58 Å². The van der Waals surface area contributed by atoms with Crippen LogP contribution in [0.15, 0.2) is 43.6 Å². The first kappa shape index (κ1) is 37.8. The van der Waals surface area contributed by atoms with Gasteiger partial charge >= 0.3 is 12.1 Å². The van der Waals surface area contributed by atoms with E-state index in [0.29, 0.717) is 17.0 Å². The molecule has 2 N–H and O–H groups in total. The van der Waals surface area contributed by atoms with Crippen LogP contribution in [0.25, 0.3) is 16.8 Å². The number of esters is 1. The zero-order valence-electron chi connectivity index (χ0n) is 29.1. The minimum atomic E-state index is -1.19. The lowest BCUT2D eigenvalue weighted by atomic mass is 9.85. The van der Waals surface area contributed by atoms with E-state index in [4.69, 9.17) is 23.7 Å². The molecule has 2 aromatic rings. The molecular formula is C35H48N4O9. The first-order valence-corrected chi connectivity index (χ1v) is 15.7. The predicted molar refractivity (Wildman–Crippen MR) is 180 cm³/mol. The van der Waals surface area contributed by atoms with Crippen molar-refractivity contribution in [3.8, 4) is 11.6 Å². The van der Waals surface area contributed by atoms with Crippen LogP contribution in [0.5, 0.6) is 11.6 Å². The molecule has 0 unspecified atom stereocenters. The smallest absolute Gasteiger partial charge is 0.408 e. The summed E-state index contributed by atoms with van der Waals surface area (Å²) in [7, 11) is 2.82. The van der Waals surface area contributed by atoms with Crippen molar-refractivity contribution in [3.05, 3.63) is 49.2 Å². The van der Waals surface area contributed by atoms with Crippen LogP contribution in [0.3, 0.4) is 0 Å². The van der Waals surface area contributed by atoms with E-state index in [9.17, 15) is 19.2 Å². The second-order valence-corrected chi connectivity index (χ2v) is 13.5. The molecule has 13 heteroatoms. The van der Waals surface area contributed by atoms with Crippen LogP contribution in [0.1, 0.15) is 53.5 Å². The zero-order valence-corrected chi connectivity index (χ0v) is 29.1. The van der Waals surface area contributed by atoms with Gasteiger partial charge in [-0.1, -0.05) is 39.5 Å². The normalized spacial score (nSPS) is 17.5. The molecule has 0 spiro atoms. The number of pyridine rings is 1. The largest absolute Gasteiger partial charge is 0.496 e. The first-order valence-electron chi connectivity index (χ1n) is 15.7. The number of nitrogens with one attached hydrogen (secondary N) is 2. The van der Waals surface area contributed by atoms with Gasteiger partial charge in [-0.25, -0.2) is 14.6 Å². The SMILES string of the molecule is C=CCOC[C@H](NC(=O)OC(C)(C)C)C(=O)N[C@H](C(=O)N1C[C@H](Oc2nccc3cc(OC)c(C=C)cc23)C[C@H]1C(=O)OC)C(C)(C)C. The molecule has 0 bridgehead atoms. The van der Waals surface area contributed by atoms with E-state index in [1.54, 1.807) is 60.9 Å². The van der Waals surface area contributed by atoms with Crippen molar-refractivity contribution in [3.63, 3.8) is 0 Å². The molecule has 1 aliphatic heterocycles. The van der Waals surface area contributed by atoms with Crippen molar-refractivity contribution in [1.29, 1.82) is 0 Å². The molecule has 4 atom stereocenters. The molecule has 1 fully saturated rings. The number of carbonyl (C=O) groups excluding carboxylic acids is 4. The third-order valence-corrected chi connectivity index (χ3v) is 7.52. The average Bonchev–Trinajstić information content (AvgIpc) is 3.44. The van der Waals surface area contributed by atoms with Gasteiger partial charge in [0.25, 0.3) is 0 Å². The van der Waals surface area contributed by atoms with Gasteiger partial charge in [-0.3, -0.25) is 9.59 Å². The Balaban J connectivity index is 1.89. The summed E-state index contributed by atoms with van der Waals surface area (Å²) in [6.07, 6.45) is 3.45. The summed E-state index contributed by atoms with van der Waals surface area (Å²) in [5.41, 5.74) is -0.879. The van der Waals surface area contributed by atoms with Crippen molar-refractivity contribution in [2.45, 2.75) is 77.8 Å². The number of methoxy groups -OCH3 is 2. The molecule has 1 aliphatic rings. The Hall–Kier alpha value is -4.65. The van der Waals surface area contributed by atoms with E-state index in [2.05, 4.69) is 28.8 Å². The van der Waals surface area contributed by atoms with E-state index in [1.807, 2.05) is 18.2 Å². The van der Waals surface area contributed by atoms with Gasteiger partial charge in [0.15, 0.2) is 0 Å². The maximum Gasteiger partial charge on any atom is 0.408 e. The Bertz CT molecular complexity index is 1510. The molecule has 1 aromatic carbocycles. The number of fused-ring (bicyclic) bond motifs is 1.